The summed E-state index contributed by atoms with van der Waals surface area (Å²) in [5.74, 6) is 0.354. The molecular formula is C29H44O5SSi. The Kier molecular flexibility index (Phi) is 8.50. The maximum Gasteiger partial charge on any atom is 0.192 e. The molecule has 0 saturated heterocycles. The molecule has 3 rings (SSSR count). The van der Waals surface area contributed by atoms with E-state index < -0.39 is 23.4 Å². The average Bonchev–Trinajstić information content (AvgIpc) is 2.92. The summed E-state index contributed by atoms with van der Waals surface area (Å²) in [6.07, 6.45) is 8.35. The zero-order chi connectivity index (χ0) is 26.9. The molecule has 0 aliphatic heterocycles. The second kappa shape index (κ2) is 10.6. The molecule has 0 heterocycles. The Morgan fingerprint density at radius 1 is 1.08 bits per heavy atom. The fraction of sp³-hybridized carbons (Fsp3) is 0.586. The van der Waals surface area contributed by atoms with E-state index in [9.17, 15) is 8.42 Å². The molecule has 0 spiro atoms. The first kappa shape index (κ1) is 28.9. The SMILES string of the molecule is COCOC1=CC=C(C)[C@H]([C@H]2[C@H](O[Si](C)(C)C(C)(C)C)C(C)(C)C[C@@H]2S(=O)(=O)c2ccccc2)C=C1. The van der Waals surface area contributed by atoms with Crippen LogP contribution in [0.25, 0.3) is 0 Å². The summed E-state index contributed by atoms with van der Waals surface area (Å²) in [5, 5.41) is -0.555. The normalized spacial score (nSPS) is 26.8. The van der Waals surface area contributed by atoms with Crippen molar-refractivity contribution in [3.63, 3.8) is 0 Å². The Morgan fingerprint density at radius 3 is 2.31 bits per heavy atom. The van der Waals surface area contributed by atoms with Crippen molar-refractivity contribution < 1.29 is 22.3 Å². The van der Waals surface area contributed by atoms with Crippen LogP contribution >= 0.6 is 0 Å². The molecule has 5 nitrogen and oxygen atoms in total. The molecule has 0 N–H and O–H groups in total. The van der Waals surface area contributed by atoms with Gasteiger partial charge < -0.3 is 13.9 Å². The molecule has 1 fully saturated rings. The van der Waals surface area contributed by atoms with Crippen LogP contribution in [0.3, 0.4) is 0 Å². The largest absolute Gasteiger partial charge is 0.468 e. The highest BCUT2D eigenvalue weighted by Crippen LogP contribution is 2.54. The fourth-order valence-electron chi connectivity index (χ4n) is 5.13. The predicted octanol–water partition coefficient (Wildman–Crippen LogP) is 6.90. The van der Waals surface area contributed by atoms with Crippen LogP contribution in [0.1, 0.15) is 48.0 Å². The maximum absolute atomic E-state index is 14.1. The first-order valence-corrected chi connectivity index (χ1v) is 17.2. The van der Waals surface area contributed by atoms with Gasteiger partial charge in [-0.15, -0.1) is 0 Å². The fourth-order valence-corrected chi connectivity index (χ4v) is 8.85. The molecule has 2 aliphatic carbocycles. The average molecular weight is 533 g/mol. The number of hydrogen-bond acceptors (Lipinski definition) is 5. The summed E-state index contributed by atoms with van der Waals surface area (Å²) in [6, 6.07) is 8.88. The highest BCUT2D eigenvalue weighted by molar-refractivity contribution is 7.92. The van der Waals surface area contributed by atoms with Crippen molar-refractivity contribution in [1.29, 1.82) is 0 Å². The molecule has 36 heavy (non-hydrogen) atoms. The third-order valence-corrected chi connectivity index (χ3v) is 14.9. The number of ether oxygens (including phenoxy) is 2. The summed E-state index contributed by atoms with van der Waals surface area (Å²) < 4.78 is 46.2. The van der Waals surface area contributed by atoms with Gasteiger partial charge in [-0.3, -0.25) is 0 Å². The van der Waals surface area contributed by atoms with Crippen LogP contribution in [0.4, 0.5) is 0 Å². The van der Waals surface area contributed by atoms with E-state index >= 15 is 0 Å². The molecule has 4 atom stereocenters. The monoisotopic (exact) mass is 532 g/mol. The summed E-state index contributed by atoms with van der Waals surface area (Å²) in [5.41, 5.74) is 0.790. The molecule has 0 aromatic heterocycles. The van der Waals surface area contributed by atoms with Crippen molar-refractivity contribution in [2.75, 3.05) is 13.9 Å². The van der Waals surface area contributed by atoms with Crippen molar-refractivity contribution in [2.45, 2.75) is 82.3 Å². The molecule has 0 amide bonds. The van der Waals surface area contributed by atoms with Crippen LogP contribution in [0, 0.1) is 17.3 Å². The number of hydrogen-bond donors (Lipinski definition) is 0. The van der Waals surface area contributed by atoms with Crippen molar-refractivity contribution in [1.82, 2.24) is 0 Å². The summed E-state index contributed by atoms with van der Waals surface area (Å²) in [7, 11) is -4.19. The zero-order valence-electron chi connectivity index (χ0n) is 23.4. The van der Waals surface area contributed by atoms with E-state index in [2.05, 4.69) is 60.7 Å². The third kappa shape index (κ3) is 5.90. The van der Waals surface area contributed by atoms with Gasteiger partial charge in [0.05, 0.1) is 16.2 Å². The van der Waals surface area contributed by atoms with Crippen molar-refractivity contribution in [3.05, 3.63) is 66.0 Å². The number of sulfone groups is 1. The molecule has 1 aromatic carbocycles. The van der Waals surface area contributed by atoms with E-state index in [0.29, 0.717) is 17.1 Å². The quantitative estimate of drug-likeness (QED) is 0.269. The second-order valence-electron chi connectivity index (χ2n) is 12.4. The number of allylic oxidation sites excluding steroid dienone is 5. The van der Waals surface area contributed by atoms with Crippen LogP contribution in [0.5, 0.6) is 0 Å². The topological polar surface area (TPSA) is 61.8 Å². The van der Waals surface area contributed by atoms with Gasteiger partial charge in [-0.25, -0.2) is 8.42 Å². The van der Waals surface area contributed by atoms with Gasteiger partial charge in [0.2, 0.25) is 0 Å². The van der Waals surface area contributed by atoms with E-state index in [4.69, 9.17) is 13.9 Å². The van der Waals surface area contributed by atoms with Crippen molar-refractivity contribution in [2.24, 2.45) is 17.3 Å². The van der Waals surface area contributed by atoms with Gasteiger partial charge in [0, 0.05) is 18.9 Å². The minimum absolute atomic E-state index is 0.0108. The molecule has 0 bridgehead atoms. The molecule has 1 saturated carbocycles. The lowest BCUT2D eigenvalue weighted by molar-refractivity contribution is 0.0100. The van der Waals surface area contributed by atoms with Crippen molar-refractivity contribution >= 4 is 18.2 Å². The van der Waals surface area contributed by atoms with Gasteiger partial charge in [0.1, 0.15) is 5.76 Å². The van der Waals surface area contributed by atoms with E-state index in [0.717, 1.165) is 5.57 Å². The Hall–Kier alpha value is -1.67. The Labute approximate surface area is 219 Å². The summed E-state index contributed by atoms with van der Waals surface area (Å²) in [6.45, 7) is 17.8. The number of rotatable bonds is 8. The van der Waals surface area contributed by atoms with Crippen LogP contribution in [0.2, 0.25) is 18.1 Å². The Balaban J connectivity index is 2.13. The molecular weight excluding hydrogens is 488 g/mol. The number of methoxy groups -OCH3 is 1. The first-order valence-electron chi connectivity index (χ1n) is 12.8. The van der Waals surface area contributed by atoms with Gasteiger partial charge in [0.25, 0.3) is 0 Å². The summed E-state index contributed by atoms with van der Waals surface area (Å²) in [4.78, 5) is 0.380. The molecule has 0 unspecified atom stereocenters. The lowest BCUT2D eigenvalue weighted by Gasteiger charge is -2.44. The predicted molar refractivity (Wildman–Crippen MR) is 149 cm³/mol. The minimum Gasteiger partial charge on any atom is -0.468 e. The maximum atomic E-state index is 14.1. The van der Waals surface area contributed by atoms with Gasteiger partial charge in [-0.1, -0.05) is 70.5 Å². The van der Waals surface area contributed by atoms with Crippen LogP contribution in [0.15, 0.2) is 70.9 Å². The molecule has 2 aliphatic rings. The highest BCUT2D eigenvalue weighted by Gasteiger charge is 2.58. The molecule has 0 radical (unpaired) electrons. The van der Waals surface area contributed by atoms with E-state index in [1.54, 1.807) is 31.4 Å². The Bertz CT molecular complexity index is 1110. The van der Waals surface area contributed by atoms with Crippen LogP contribution in [-0.4, -0.2) is 42.0 Å². The van der Waals surface area contributed by atoms with Gasteiger partial charge in [-0.2, -0.15) is 0 Å². The second-order valence-corrected chi connectivity index (χ2v) is 19.3. The van der Waals surface area contributed by atoms with Crippen LogP contribution < -0.4 is 0 Å². The lowest BCUT2D eigenvalue weighted by Crippen LogP contribution is -2.50. The summed E-state index contributed by atoms with van der Waals surface area (Å²) >= 11 is 0. The molecule has 1 aromatic rings. The Morgan fingerprint density at radius 2 is 1.72 bits per heavy atom. The van der Waals surface area contributed by atoms with E-state index in [-0.39, 0.29) is 35.2 Å². The lowest BCUT2D eigenvalue weighted by atomic mass is 9.79. The molecule has 7 heteroatoms. The van der Waals surface area contributed by atoms with E-state index in [1.807, 2.05) is 24.3 Å². The number of benzene rings is 1. The minimum atomic E-state index is -3.59. The standard InChI is InChI=1S/C29H44O5SSi/c1-21-15-16-22(33-20-32-7)17-18-24(21)26-25(35(30,31)23-13-11-10-12-14-23)19-29(5,6)27(26)34-36(8,9)28(2,3)4/h10-18,24-27H,19-20H2,1-9H3/t24-,25+,26-,27+/m1/s1. The first-order chi connectivity index (χ1) is 16.6. The van der Waals surface area contributed by atoms with Gasteiger partial charge >= 0.3 is 0 Å². The zero-order valence-corrected chi connectivity index (χ0v) is 25.2. The van der Waals surface area contributed by atoms with Gasteiger partial charge in [-0.05, 0) is 61.2 Å². The smallest absolute Gasteiger partial charge is 0.192 e. The van der Waals surface area contributed by atoms with Crippen molar-refractivity contribution in [3.8, 4) is 0 Å². The molecule has 200 valence electrons. The van der Waals surface area contributed by atoms with Gasteiger partial charge in [0.15, 0.2) is 24.9 Å². The third-order valence-electron chi connectivity index (χ3n) is 8.24. The van der Waals surface area contributed by atoms with Crippen LogP contribution in [-0.2, 0) is 23.7 Å². The van der Waals surface area contributed by atoms with E-state index in [1.165, 1.54) is 0 Å². The highest BCUT2D eigenvalue weighted by atomic mass is 32.2.